The van der Waals surface area contributed by atoms with Crippen LogP contribution < -0.4 is 5.32 Å². The maximum absolute atomic E-state index is 9.58. The second-order valence-electron chi connectivity index (χ2n) is 4.33. The zero-order chi connectivity index (χ0) is 11.4. The largest absolute Gasteiger partial charge is 0.506 e. The topological polar surface area (TPSA) is 45.1 Å². The fraction of sp³-hybridized carbons (Fsp3) is 0.583. The molecular weight excluding hydrogens is 188 g/mol. The van der Waals surface area contributed by atoms with Crippen LogP contribution in [0.5, 0.6) is 5.75 Å². The number of hydrogen-bond donors (Lipinski definition) is 2. The molecule has 0 amide bonds. The molecule has 3 nitrogen and oxygen atoms in total. The summed E-state index contributed by atoms with van der Waals surface area (Å²) >= 11 is 0. The lowest BCUT2D eigenvalue weighted by Gasteiger charge is -2.17. The van der Waals surface area contributed by atoms with Crippen LogP contribution in [0.25, 0.3) is 0 Å². The Kier molecular flexibility index (Phi) is 4.09. The average Bonchev–Trinajstić information content (AvgIpc) is 2.18. The minimum atomic E-state index is 0.268. The molecule has 84 valence electrons. The van der Waals surface area contributed by atoms with E-state index in [4.69, 9.17) is 0 Å². The Morgan fingerprint density at radius 3 is 2.60 bits per heavy atom. The molecular formula is C12H20N2O. The van der Waals surface area contributed by atoms with Crippen molar-refractivity contribution in [2.45, 2.75) is 40.3 Å². The number of nitrogens with zero attached hydrogens (tertiary/aromatic N) is 1. The van der Waals surface area contributed by atoms with Crippen molar-refractivity contribution in [1.29, 1.82) is 0 Å². The normalized spacial score (nSPS) is 13.1. The summed E-state index contributed by atoms with van der Waals surface area (Å²) < 4.78 is 0. The predicted octanol–water partition coefficient (Wildman–Crippen LogP) is 2.23. The van der Waals surface area contributed by atoms with Crippen molar-refractivity contribution in [3.63, 3.8) is 0 Å². The lowest BCUT2D eigenvalue weighted by molar-refractivity contribution is 0.411. The van der Waals surface area contributed by atoms with E-state index < -0.39 is 0 Å². The molecule has 0 fully saturated rings. The SMILES string of the molecule is Cc1ccc(O)c(CNC(C)C(C)C)n1. The first kappa shape index (κ1) is 12.0. The van der Waals surface area contributed by atoms with Crippen LogP contribution >= 0.6 is 0 Å². The summed E-state index contributed by atoms with van der Waals surface area (Å²) in [6.45, 7) is 9.02. The average molecular weight is 208 g/mol. The van der Waals surface area contributed by atoms with E-state index in [0.29, 0.717) is 18.5 Å². The van der Waals surface area contributed by atoms with E-state index in [1.807, 2.05) is 13.0 Å². The van der Waals surface area contributed by atoms with Crippen molar-refractivity contribution < 1.29 is 5.11 Å². The van der Waals surface area contributed by atoms with Gasteiger partial charge in [0.1, 0.15) is 5.75 Å². The fourth-order valence-electron chi connectivity index (χ4n) is 1.23. The molecule has 0 spiro atoms. The quantitative estimate of drug-likeness (QED) is 0.797. The first-order valence-corrected chi connectivity index (χ1v) is 5.39. The smallest absolute Gasteiger partial charge is 0.138 e. The van der Waals surface area contributed by atoms with Gasteiger partial charge >= 0.3 is 0 Å². The number of hydrogen-bond acceptors (Lipinski definition) is 3. The van der Waals surface area contributed by atoms with Gasteiger partial charge in [-0.2, -0.15) is 0 Å². The van der Waals surface area contributed by atoms with Gasteiger partial charge in [0.15, 0.2) is 0 Å². The molecule has 0 radical (unpaired) electrons. The lowest BCUT2D eigenvalue weighted by atomic mass is 10.1. The van der Waals surface area contributed by atoms with Crippen LogP contribution in [0.15, 0.2) is 12.1 Å². The summed E-state index contributed by atoms with van der Waals surface area (Å²) in [4.78, 5) is 4.29. The molecule has 0 aliphatic heterocycles. The Balaban J connectivity index is 2.61. The third kappa shape index (κ3) is 3.51. The van der Waals surface area contributed by atoms with Crippen molar-refractivity contribution in [3.8, 4) is 5.75 Å². The van der Waals surface area contributed by atoms with Gasteiger partial charge in [-0.1, -0.05) is 13.8 Å². The first-order chi connectivity index (χ1) is 7.00. The first-order valence-electron chi connectivity index (χ1n) is 5.39. The second kappa shape index (κ2) is 5.12. The lowest BCUT2D eigenvalue weighted by Crippen LogP contribution is -2.30. The number of aryl methyl sites for hydroxylation is 1. The summed E-state index contributed by atoms with van der Waals surface area (Å²) in [5, 5.41) is 12.9. The van der Waals surface area contributed by atoms with E-state index in [2.05, 4.69) is 31.1 Å². The van der Waals surface area contributed by atoms with E-state index >= 15 is 0 Å². The van der Waals surface area contributed by atoms with Crippen LogP contribution in [0.1, 0.15) is 32.2 Å². The Morgan fingerprint density at radius 1 is 1.33 bits per heavy atom. The molecule has 0 bridgehead atoms. The van der Waals surface area contributed by atoms with Crippen LogP contribution in [-0.2, 0) is 6.54 Å². The highest BCUT2D eigenvalue weighted by atomic mass is 16.3. The predicted molar refractivity (Wildman–Crippen MR) is 61.8 cm³/mol. The third-order valence-corrected chi connectivity index (χ3v) is 2.68. The monoisotopic (exact) mass is 208 g/mol. The summed E-state index contributed by atoms with van der Waals surface area (Å²) in [5.41, 5.74) is 1.66. The highest BCUT2D eigenvalue weighted by Gasteiger charge is 2.08. The fourth-order valence-corrected chi connectivity index (χ4v) is 1.23. The molecule has 1 aromatic heterocycles. The Morgan fingerprint density at radius 2 is 2.00 bits per heavy atom. The number of pyridine rings is 1. The number of nitrogens with one attached hydrogen (secondary N) is 1. The van der Waals surface area contributed by atoms with Crippen LogP contribution in [-0.4, -0.2) is 16.1 Å². The Bertz CT molecular complexity index is 323. The molecule has 2 N–H and O–H groups in total. The molecule has 15 heavy (non-hydrogen) atoms. The maximum Gasteiger partial charge on any atom is 0.138 e. The van der Waals surface area contributed by atoms with E-state index in [0.717, 1.165) is 11.4 Å². The van der Waals surface area contributed by atoms with E-state index in [1.54, 1.807) is 6.07 Å². The van der Waals surface area contributed by atoms with Gasteiger partial charge in [-0.15, -0.1) is 0 Å². The van der Waals surface area contributed by atoms with Crippen molar-refractivity contribution in [1.82, 2.24) is 10.3 Å². The van der Waals surface area contributed by atoms with E-state index in [1.165, 1.54) is 0 Å². The van der Waals surface area contributed by atoms with E-state index in [9.17, 15) is 5.11 Å². The summed E-state index contributed by atoms with van der Waals surface area (Å²) in [5.74, 6) is 0.848. The Hall–Kier alpha value is -1.09. The van der Waals surface area contributed by atoms with Crippen molar-refractivity contribution in [3.05, 3.63) is 23.5 Å². The Labute approximate surface area is 91.5 Å². The molecule has 0 aliphatic rings. The molecule has 1 rings (SSSR count). The number of aromatic hydroxyl groups is 1. The van der Waals surface area contributed by atoms with Gasteiger partial charge in [-0.25, -0.2) is 0 Å². The van der Waals surface area contributed by atoms with Gasteiger partial charge in [-0.3, -0.25) is 4.98 Å². The standard InChI is InChI=1S/C12H20N2O/c1-8(2)10(4)13-7-11-12(15)6-5-9(3)14-11/h5-6,8,10,13,15H,7H2,1-4H3. The molecule has 0 saturated heterocycles. The molecule has 1 unspecified atom stereocenters. The zero-order valence-electron chi connectivity index (χ0n) is 9.91. The van der Waals surface area contributed by atoms with Crippen molar-refractivity contribution >= 4 is 0 Å². The highest BCUT2D eigenvalue weighted by molar-refractivity contribution is 5.27. The summed E-state index contributed by atoms with van der Waals surface area (Å²) in [7, 11) is 0. The van der Waals surface area contributed by atoms with Gasteiger partial charge in [-0.05, 0) is 31.9 Å². The van der Waals surface area contributed by atoms with Gasteiger partial charge in [0.2, 0.25) is 0 Å². The van der Waals surface area contributed by atoms with Crippen LogP contribution in [0.4, 0.5) is 0 Å². The molecule has 0 aromatic carbocycles. The minimum Gasteiger partial charge on any atom is -0.506 e. The molecule has 1 atom stereocenters. The second-order valence-corrected chi connectivity index (χ2v) is 4.33. The maximum atomic E-state index is 9.58. The molecule has 1 heterocycles. The van der Waals surface area contributed by atoms with Crippen LogP contribution in [0.2, 0.25) is 0 Å². The third-order valence-electron chi connectivity index (χ3n) is 2.68. The highest BCUT2D eigenvalue weighted by Crippen LogP contribution is 2.14. The van der Waals surface area contributed by atoms with E-state index in [-0.39, 0.29) is 5.75 Å². The van der Waals surface area contributed by atoms with Crippen molar-refractivity contribution in [2.75, 3.05) is 0 Å². The number of rotatable bonds is 4. The molecule has 0 aliphatic carbocycles. The molecule has 0 saturated carbocycles. The minimum absolute atomic E-state index is 0.268. The van der Waals surface area contributed by atoms with Gasteiger partial charge in [0, 0.05) is 18.3 Å². The van der Waals surface area contributed by atoms with Crippen molar-refractivity contribution in [2.24, 2.45) is 5.92 Å². The number of aromatic nitrogens is 1. The van der Waals surface area contributed by atoms with Gasteiger partial charge in [0.25, 0.3) is 0 Å². The van der Waals surface area contributed by atoms with Crippen LogP contribution in [0, 0.1) is 12.8 Å². The summed E-state index contributed by atoms with van der Waals surface area (Å²) in [6.07, 6.45) is 0. The molecule has 3 heteroatoms. The van der Waals surface area contributed by atoms with Gasteiger partial charge in [0.05, 0.1) is 5.69 Å². The summed E-state index contributed by atoms with van der Waals surface area (Å²) in [6, 6.07) is 3.93. The zero-order valence-corrected chi connectivity index (χ0v) is 9.91. The van der Waals surface area contributed by atoms with Crippen LogP contribution in [0.3, 0.4) is 0 Å². The van der Waals surface area contributed by atoms with Gasteiger partial charge < -0.3 is 10.4 Å². The molecule has 1 aromatic rings.